The zero-order valence-corrected chi connectivity index (χ0v) is 14.9. The largest absolute Gasteiger partial charge is 0.496 e. The third kappa shape index (κ3) is 3.61. The van der Waals surface area contributed by atoms with Crippen LogP contribution in [0.25, 0.3) is 0 Å². The van der Waals surface area contributed by atoms with Crippen molar-refractivity contribution < 1.29 is 4.74 Å². The van der Waals surface area contributed by atoms with Gasteiger partial charge in [-0.1, -0.05) is 25.3 Å². The second kappa shape index (κ2) is 7.12. The molecule has 4 heteroatoms. The lowest BCUT2D eigenvalue weighted by Crippen LogP contribution is -2.59. The van der Waals surface area contributed by atoms with Gasteiger partial charge in [-0.25, -0.2) is 0 Å². The summed E-state index contributed by atoms with van der Waals surface area (Å²) in [5, 5.41) is 0. The van der Waals surface area contributed by atoms with Crippen LogP contribution in [-0.2, 0) is 6.42 Å². The van der Waals surface area contributed by atoms with Gasteiger partial charge in [-0.15, -0.1) is 0 Å². The summed E-state index contributed by atoms with van der Waals surface area (Å²) in [5.41, 5.74) is 8.06. The average molecular weight is 355 g/mol. The van der Waals surface area contributed by atoms with E-state index in [9.17, 15) is 0 Å². The Morgan fingerprint density at radius 1 is 1.29 bits per heavy atom. The van der Waals surface area contributed by atoms with Gasteiger partial charge in [0.05, 0.1) is 11.6 Å². The molecular weight excluding hydrogens is 328 g/mol. The fourth-order valence-electron chi connectivity index (χ4n) is 3.59. The molecule has 0 aliphatic heterocycles. The highest BCUT2D eigenvalue weighted by Crippen LogP contribution is 2.36. The number of nitrogens with two attached hydrogens (primary N) is 1. The van der Waals surface area contributed by atoms with Gasteiger partial charge in [-0.05, 0) is 67.0 Å². The Labute approximate surface area is 137 Å². The summed E-state index contributed by atoms with van der Waals surface area (Å²) in [6, 6.07) is 6.42. The highest BCUT2D eigenvalue weighted by Gasteiger charge is 2.39. The lowest BCUT2D eigenvalue weighted by atomic mass is 9.74. The molecule has 0 amide bonds. The molecule has 0 spiro atoms. The molecule has 2 N–H and O–H groups in total. The minimum atomic E-state index is 0.144. The Bertz CT molecular complexity index is 470. The molecule has 1 aliphatic carbocycles. The van der Waals surface area contributed by atoms with Crippen LogP contribution in [0.5, 0.6) is 5.75 Å². The summed E-state index contributed by atoms with van der Waals surface area (Å²) in [4.78, 5) is 2.36. The molecule has 21 heavy (non-hydrogen) atoms. The summed E-state index contributed by atoms with van der Waals surface area (Å²) in [6.45, 7) is 0. The zero-order chi connectivity index (χ0) is 15.5. The second-order valence-corrected chi connectivity index (χ2v) is 7.19. The molecule has 0 radical (unpaired) electrons. The van der Waals surface area contributed by atoms with Crippen molar-refractivity contribution in [1.29, 1.82) is 0 Å². The Kier molecular flexibility index (Phi) is 5.69. The molecule has 118 valence electrons. The molecule has 1 saturated carbocycles. The van der Waals surface area contributed by atoms with Crippen LogP contribution in [0, 0.1) is 0 Å². The fourth-order valence-corrected chi connectivity index (χ4v) is 4.18. The van der Waals surface area contributed by atoms with Crippen LogP contribution in [-0.4, -0.2) is 37.7 Å². The maximum atomic E-state index is 6.65. The molecule has 0 aromatic heterocycles. The molecule has 1 aromatic carbocycles. The number of likely N-dealkylation sites (N-methyl/N-ethyl adjacent to an activating group) is 1. The Hall–Kier alpha value is -0.580. The standard InChI is InChI=1S/C17H27BrN2O/c1-20(2)17(9-5-4-6-10-17)16(19)12-13-7-8-15(21-3)14(18)11-13/h7-8,11,16H,4-6,9-10,12,19H2,1-3H3. The molecule has 1 aromatic rings. The summed E-state index contributed by atoms with van der Waals surface area (Å²) in [5.74, 6) is 0.868. The van der Waals surface area contributed by atoms with Crippen molar-refractivity contribution in [2.45, 2.75) is 50.1 Å². The van der Waals surface area contributed by atoms with E-state index >= 15 is 0 Å². The maximum Gasteiger partial charge on any atom is 0.133 e. The van der Waals surface area contributed by atoms with Gasteiger partial charge >= 0.3 is 0 Å². The molecule has 1 unspecified atom stereocenters. The van der Waals surface area contributed by atoms with Gasteiger partial charge in [-0.3, -0.25) is 0 Å². The first kappa shape index (κ1) is 16.8. The zero-order valence-electron chi connectivity index (χ0n) is 13.4. The van der Waals surface area contributed by atoms with Crippen LogP contribution in [0.3, 0.4) is 0 Å². The lowest BCUT2D eigenvalue weighted by molar-refractivity contribution is 0.0716. The van der Waals surface area contributed by atoms with E-state index < -0.39 is 0 Å². The van der Waals surface area contributed by atoms with Crippen molar-refractivity contribution in [3.63, 3.8) is 0 Å². The van der Waals surface area contributed by atoms with E-state index in [0.29, 0.717) is 0 Å². The maximum absolute atomic E-state index is 6.65. The van der Waals surface area contributed by atoms with Gasteiger partial charge in [-0.2, -0.15) is 0 Å². The predicted octanol–water partition coefficient (Wildman–Crippen LogP) is 3.59. The van der Waals surface area contributed by atoms with Gasteiger partial charge in [0, 0.05) is 11.6 Å². The molecule has 1 atom stereocenters. The van der Waals surface area contributed by atoms with Crippen molar-refractivity contribution in [3.8, 4) is 5.75 Å². The third-order valence-corrected chi connectivity index (χ3v) is 5.59. The van der Waals surface area contributed by atoms with Gasteiger partial charge in [0.25, 0.3) is 0 Å². The van der Waals surface area contributed by atoms with Gasteiger partial charge < -0.3 is 15.4 Å². The quantitative estimate of drug-likeness (QED) is 0.877. The topological polar surface area (TPSA) is 38.5 Å². The summed E-state index contributed by atoms with van der Waals surface area (Å²) in [6.07, 6.45) is 7.24. The van der Waals surface area contributed by atoms with Crippen molar-refractivity contribution in [2.75, 3.05) is 21.2 Å². The van der Waals surface area contributed by atoms with E-state index in [4.69, 9.17) is 10.5 Å². The van der Waals surface area contributed by atoms with Crippen LogP contribution in [0.4, 0.5) is 0 Å². The monoisotopic (exact) mass is 354 g/mol. The van der Waals surface area contributed by atoms with E-state index in [1.54, 1.807) is 7.11 Å². The highest BCUT2D eigenvalue weighted by atomic mass is 79.9. The number of benzene rings is 1. The average Bonchev–Trinajstić information content (AvgIpc) is 2.48. The van der Waals surface area contributed by atoms with E-state index in [1.165, 1.54) is 37.7 Å². The van der Waals surface area contributed by atoms with Crippen LogP contribution in [0.1, 0.15) is 37.7 Å². The third-order valence-electron chi connectivity index (χ3n) is 4.97. The van der Waals surface area contributed by atoms with E-state index in [1.807, 2.05) is 6.07 Å². The van der Waals surface area contributed by atoms with Crippen LogP contribution in [0.15, 0.2) is 22.7 Å². The number of hydrogen-bond donors (Lipinski definition) is 1. The molecule has 3 nitrogen and oxygen atoms in total. The Morgan fingerprint density at radius 2 is 1.95 bits per heavy atom. The minimum Gasteiger partial charge on any atom is -0.496 e. The van der Waals surface area contributed by atoms with Crippen molar-refractivity contribution in [1.82, 2.24) is 4.90 Å². The molecule has 1 aliphatic rings. The smallest absolute Gasteiger partial charge is 0.133 e. The molecular formula is C17H27BrN2O. The van der Waals surface area contributed by atoms with Gasteiger partial charge in [0.2, 0.25) is 0 Å². The van der Waals surface area contributed by atoms with E-state index in [2.05, 4.69) is 47.1 Å². The van der Waals surface area contributed by atoms with Crippen LogP contribution < -0.4 is 10.5 Å². The number of halogens is 1. The minimum absolute atomic E-state index is 0.144. The normalized spacial score (nSPS) is 19.5. The van der Waals surface area contributed by atoms with Gasteiger partial charge in [0.1, 0.15) is 5.75 Å². The molecule has 0 saturated heterocycles. The van der Waals surface area contributed by atoms with Crippen molar-refractivity contribution in [2.24, 2.45) is 5.73 Å². The molecule has 0 heterocycles. The second-order valence-electron chi connectivity index (χ2n) is 6.34. The Balaban J connectivity index is 2.15. The number of nitrogens with zero attached hydrogens (tertiary/aromatic N) is 1. The fraction of sp³-hybridized carbons (Fsp3) is 0.647. The summed E-state index contributed by atoms with van der Waals surface area (Å²) < 4.78 is 6.29. The Morgan fingerprint density at radius 3 is 2.48 bits per heavy atom. The first-order valence-electron chi connectivity index (χ1n) is 7.75. The molecule has 2 rings (SSSR count). The number of methoxy groups -OCH3 is 1. The van der Waals surface area contributed by atoms with E-state index in [-0.39, 0.29) is 11.6 Å². The number of rotatable bonds is 5. The number of hydrogen-bond acceptors (Lipinski definition) is 3. The van der Waals surface area contributed by atoms with Crippen molar-refractivity contribution >= 4 is 15.9 Å². The lowest BCUT2D eigenvalue weighted by Gasteiger charge is -2.47. The summed E-state index contributed by atoms with van der Waals surface area (Å²) in [7, 11) is 6.04. The van der Waals surface area contributed by atoms with Gasteiger partial charge in [0.15, 0.2) is 0 Å². The first-order valence-corrected chi connectivity index (χ1v) is 8.54. The highest BCUT2D eigenvalue weighted by molar-refractivity contribution is 9.10. The van der Waals surface area contributed by atoms with Crippen LogP contribution in [0.2, 0.25) is 0 Å². The van der Waals surface area contributed by atoms with E-state index in [0.717, 1.165) is 16.6 Å². The first-order chi connectivity index (χ1) is 9.99. The molecule has 0 bridgehead atoms. The SMILES string of the molecule is COc1ccc(CC(N)C2(N(C)C)CCCCC2)cc1Br. The molecule has 1 fully saturated rings. The van der Waals surface area contributed by atoms with Crippen LogP contribution >= 0.6 is 15.9 Å². The number of ether oxygens (including phenoxy) is 1. The summed E-state index contributed by atoms with van der Waals surface area (Å²) >= 11 is 3.56. The predicted molar refractivity (Wildman–Crippen MR) is 91.9 cm³/mol. The van der Waals surface area contributed by atoms with Crippen molar-refractivity contribution in [3.05, 3.63) is 28.2 Å².